The van der Waals surface area contributed by atoms with Crippen LogP contribution >= 0.6 is 12.4 Å². The molecule has 0 radical (unpaired) electrons. The fourth-order valence-electron chi connectivity index (χ4n) is 1.34. The number of anilines is 1. The molecule has 0 aliphatic heterocycles. The summed E-state index contributed by atoms with van der Waals surface area (Å²) in [7, 11) is 0. The maximum atomic E-state index is 12.1. The van der Waals surface area contributed by atoms with Crippen molar-refractivity contribution in [3.05, 3.63) is 23.8 Å². The van der Waals surface area contributed by atoms with Crippen LogP contribution in [0.5, 0.6) is 5.75 Å². The number of ether oxygens (including phenoxy) is 1. The Hall–Kier alpha value is -1.40. The van der Waals surface area contributed by atoms with Gasteiger partial charge in [0, 0.05) is 24.7 Å². The van der Waals surface area contributed by atoms with Gasteiger partial charge in [-0.05, 0) is 18.6 Å². The van der Waals surface area contributed by atoms with E-state index in [0.29, 0.717) is 11.4 Å². The fourth-order valence-corrected chi connectivity index (χ4v) is 1.34. The smallest absolute Gasteiger partial charge is 0.272 e. The number of benzene rings is 1. The molecule has 1 rings (SSSR count). The van der Waals surface area contributed by atoms with Gasteiger partial charge in [0.25, 0.3) is 6.43 Å². The van der Waals surface area contributed by atoms with Crippen LogP contribution in [0.3, 0.4) is 0 Å². The summed E-state index contributed by atoms with van der Waals surface area (Å²) < 4.78 is 29.1. The van der Waals surface area contributed by atoms with Gasteiger partial charge in [-0.15, -0.1) is 12.4 Å². The number of halogens is 3. The van der Waals surface area contributed by atoms with E-state index in [1.54, 1.807) is 19.1 Å². The molecule has 1 aromatic rings. The third-order valence-electron chi connectivity index (χ3n) is 2.21. The van der Waals surface area contributed by atoms with Gasteiger partial charge < -0.3 is 15.8 Å². The second-order valence-corrected chi connectivity index (χ2v) is 3.77. The average molecular weight is 295 g/mol. The number of carbonyl (C=O) groups is 1. The molecule has 0 aliphatic carbocycles. The number of hydrogen-bond acceptors (Lipinski definition) is 3. The Morgan fingerprint density at radius 1 is 1.47 bits per heavy atom. The molecular weight excluding hydrogens is 278 g/mol. The third kappa shape index (κ3) is 6.35. The molecule has 0 heterocycles. The van der Waals surface area contributed by atoms with Crippen molar-refractivity contribution in [3.63, 3.8) is 0 Å². The van der Waals surface area contributed by atoms with Crippen molar-refractivity contribution in [1.82, 2.24) is 0 Å². The van der Waals surface area contributed by atoms with Crippen LogP contribution in [-0.2, 0) is 4.79 Å². The maximum Gasteiger partial charge on any atom is 0.272 e. The lowest BCUT2D eigenvalue weighted by atomic mass is 10.2. The first-order valence-electron chi connectivity index (χ1n) is 5.54. The molecule has 0 aromatic heterocycles. The quantitative estimate of drug-likeness (QED) is 0.846. The second kappa shape index (κ2) is 8.66. The van der Waals surface area contributed by atoms with Gasteiger partial charge in [0.2, 0.25) is 5.91 Å². The summed E-state index contributed by atoms with van der Waals surface area (Å²) >= 11 is 0. The lowest BCUT2D eigenvalue weighted by Crippen LogP contribution is -2.16. The molecule has 1 aromatic carbocycles. The van der Waals surface area contributed by atoms with Crippen LogP contribution in [0.2, 0.25) is 0 Å². The molecule has 19 heavy (non-hydrogen) atoms. The summed E-state index contributed by atoms with van der Waals surface area (Å²) in [4.78, 5) is 11.3. The molecular formula is C12H17ClF2N2O2. The van der Waals surface area contributed by atoms with Gasteiger partial charge in [0.15, 0.2) is 0 Å². The highest BCUT2D eigenvalue weighted by Gasteiger charge is 2.08. The zero-order valence-electron chi connectivity index (χ0n) is 10.5. The van der Waals surface area contributed by atoms with Gasteiger partial charge in [-0.3, -0.25) is 4.79 Å². The van der Waals surface area contributed by atoms with Crippen molar-refractivity contribution < 1.29 is 18.3 Å². The molecule has 0 saturated carbocycles. The Balaban J connectivity index is 0.00000324. The van der Waals surface area contributed by atoms with E-state index >= 15 is 0 Å². The first kappa shape index (κ1) is 17.6. The number of aryl methyl sites for hydroxylation is 1. The Labute approximate surface area is 116 Å². The van der Waals surface area contributed by atoms with E-state index in [1.807, 2.05) is 0 Å². The number of nitrogens with two attached hydrogens (primary N) is 1. The molecule has 0 saturated heterocycles. The lowest BCUT2D eigenvalue weighted by Gasteiger charge is -2.11. The summed E-state index contributed by atoms with van der Waals surface area (Å²) in [6.45, 7) is 1.33. The number of hydrogen-bond donors (Lipinski definition) is 2. The van der Waals surface area contributed by atoms with Gasteiger partial charge >= 0.3 is 0 Å². The van der Waals surface area contributed by atoms with E-state index in [4.69, 9.17) is 10.5 Å². The summed E-state index contributed by atoms with van der Waals surface area (Å²) in [5, 5.41) is 2.61. The van der Waals surface area contributed by atoms with E-state index in [1.165, 1.54) is 6.07 Å². The highest BCUT2D eigenvalue weighted by atomic mass is 35.5. The summed E-state index contributed by atoms with van der Waals surface area (Å²) in [6.07, 6.45) is -2.32. The van der Waals surface area contributed by atoms with Crippen molar-refractivity contribution in [3.8, 4) is 5.75 Å². The van der Waals surface area contributed by atoms with Crippen LogP contribution in [0, 0.1) is 6.92 Å². The highest BCUT2D eigenvalue weighted by molar-refractivity contribution is 5.91. The second-order valence-electron chi connectivity index (χ2n) is 3.77. The first-order chi connectivity index (χ1) is 8.52. The topological polar surface area (TPSA) is 64.4 Å². The Morgan fingerprint density at radius 3 is 2.74 bits per heavy atom. The number of rotatable bonds is 6. The number of amides is 1. The van der Waals surface area contributed by atoms with Crippen LogP contribution in [0.1, 0.15) is 12.0 Å². The van der Waals surface area contributed by atoms with Gasteiger partial charge in [0.05, 0.1) is 0 Å². The molecule has 0 bridgehead atoms. The van der Waals surface area contributed by atoms with Gasteiger partial charge in [-0.25, -0.2) is 8.78 Å². The van der Waals surface area contributed by atoms with Crippen LogP contribution in [0.4, 0.5) is 14.5 Å². The SMILES string of the molecule is Cc1ccc(NC(=O)CCN)cc1OCC(F)F.Cl. The zero-order chi connectivity index (χ0) is 13.5. The van der Waals surface area contributed by atoms with Crippen molar-refractivity contribution in [2.24, 2.45) is 5.73 Å². The third-order valence-corrected chi connectivity index (χ3v) is 2.21. The Bertz CT molecular complexity index is 417. The Morgan fingerprint density at radius 2 is 2.16 bits per heavy atom. The molecule has 0 atom stereocenters. The fraction of sp³-hybridized carbons (Fsp3) is 0.417. The number of alkyl halides is 2. The normalized spacial score (nSPS) is 9.95. The van der Waals surface area contributed by atoms with Gasteiger partial charge in [-0.2, -0.15) is 0 Å². The van der Waals surface area contributed by atoms with Crippen LogP contribution in [0.15, 0.2) is 18.2 Å². The molecule has 0 unspecified atom stereocenters. The lowest BCUT2D eigenvalue weighted by molar-refractivity contribution is -0.116. The highest BCUT2D eigenvalue weighted by Crippen LogP contribution is 2.23. The van der Waals surface area contributed by atoms with Crippen LogP contribution in [0.25, 0.3) is 0 Å². The standard InChI is InChI=1S/C12H16F2N2O2.ClH/c1-8-2-3-9(16-12(17)4-5-15)6-10(8)18-7-11(13)14;/h2-3,6,11H,4-5,7,15H2,1H3,(H,16,17);1H. The zero-order valence-corrected chi connectivity index (χ0v) is 11.3. The molecule has 0 spiro atoms. The van der Waals surface area contributed by atoms with Crippen molar-refractivity contribution in [2.75, 3.05) is 18.5 Å². The minimum atomic E-state index is -2.53. The van der Waals surface area contributed by atoms with Crippen LogP contribution in [-0.4, -0.2) is 25.5 Å². The van der Waals surface area contributed by atoms with Crippen molar-refractivity contribution >= 4 is 24.0 Å². The Kier molecular flexibility index (Phi) is 8.02. The van der Waals surface area contributed by atoms with Crippen LogP contribution < -0.4 is 15.8 Å². The largest absolute Gasteiger partial charge is 0.487 e. The molecule has 0 aliphatic rings. The predicted molar refractivity (Wildman–Crippen MR) is 72.2 cm³/mol. The van der Waals surface area contributed by atoms with E-state index in [0.717, 1.165) is 5.56 Å². The number of nitrogens with one attached hydrogen (secondary N) is 1. The average Bonchev–Trinajstić information content (AvgIpc) is 2.30. The number of carbonyl (C=O) groups excluding carboxylic acids is 1. The van der Waals surface area contributed by atoms with E-state index < -0.39 is 13.0 Å². The molecule has 0 fully saturated rings. The van der Waals surface area contributed by atoms with Gasteiger partial charge in [-0.1, -0.05) is 6.07 Å². The van der Waals surface area contributed by atoms with E-state index in [2.05, 4.69) is 5.32 Å². The minimum Gasteiger partial charge on any atom is -0.487 e. The molecule has 4 nitrogen and oxygen atoms in total. The van der Waals surface area contributed by atoms with Gasteiger partial charge in [0.1, 0.15) is 12.4 Å². The summed E-state index contributed by atoms with van der Waals surface area (Å²) in [6, 6.07) is 4.89. The predicted octanol–water partition coefficient (Wildman–Crippen LogP) is 2.35. The van der Waals surface area contributed by atoms with Crippen molar-refractivity contribution in [1.29, 1.82) is 0 Å². The molecule has 7 heteroatoms. The minimum absolute atomic E-state index is 0. The van der Waals surface area contributed by atoms with E-state index in [9.17, 15) is 13.6 Å². The first-order valence-corrected chi connectivity index (χ1v) is 5.54. The monoisotopic (exact) mass is 294 g/mol. The maximum absolute atomic E-state index is 12.1. The molecule has 108 valence electrons. The molecule has 1 amide bonds. The molecule has 3 N–H and O–H groups in total. The summed E-state index contributed by atoms with van der Waals surface area (Å²) in [5.41, 5.74) is 6.48. The van der Waals surface area contributed by atoms with E-state index in [-0.39, 0.29) is 31.3 Å². The summed E-state index contributed by atoms with van der Waals surface area (Å²) in [5.74, 6) is 0.113. The van der Waals surface area contributed by atoms with Crippen molar-refractivity contribution in [2.45, 2.75) is 19.8 Å².